The molecule has 0 saturated heterocycles. The number of rotatable bonds is 5. The van der Waals surface area contributed by atoms with Gasteiger partial charge in [0.05, 0.1) is 12.7 Å². The SMILES string of the molecule is Cc1ccc(C)c(C(=O)COC(=O)Cc2coc3cc(C)ccc23)c1. The molecule has 1 heterocycles. The number of hydrogen-bond donors (Lipinski definition) is 0. The first-order valence-corrected chi connectivity index (χ1v) is 8.17. The predicted molar refractivity (Wildman–Crippen MR) is 95.9 cm³/mol. The van der Waals surface area contributed by atoms with Gasteiger partial charge in [0.15, 0.2) is 6.61 Å². The molecule has 128 valence electrons. The van der Waals surface area contributed by atoms with Crippen molar-refractivity contribution >= 4 is 22.7 Å². The van der Waals surface area contributed by atoms with Gasteiger partial charge in [0.25, 0.3) is 0 Å². The van der Waals surface area contributed by atoms with Crippen molar-refractivity contribution < 1.29 is 18.7 Å². The minimum atomic E-state index is -0.443. The summed E-state index contributed by atoms with van der Waals surface area (Å²) in [5, 5.41) is 0.892. The van der Waals surface area contributed by atoms with E-state index in [1.54, 1.807) is 6.26 Å². The highest BCUT2D eigenvalue weighted by Crippen LogP contribution is 2.23. The van der Waals surface area contributed by atoms with E-state index in [2.05, 4.69) is 0 Å². The van der Waals surface area contributed by atoms with Crippen molar-refractivity contribution in [2.24, 2.45) is 0 Å². The van der Waals surface area contributed by atoms with Crippen molar-refractivity contribution in [2.45, 2.75) is 27.2 Å². The zero-order valence-corrected chi connectivity index (χ0v) is 14.6. The third kappa shape index (κ3) is 3.79. The van der Waals surface area contributed by atoms with Gasteiger partial charge < -0.3 is 9.15 Å². The molecule has 1 aromatic heterocycles. The first kappa shape index (κ1) is 17.0. The summed E-state index contributed by atoms with van der Waals surface area (Å²) in [5.41, 5.74) is 5.07. The fraction of sp³-hybridized carbons (Fsp3) is 0.238. The maximum absolute atomic E-state index is 12.3. The van der Waals surface area contributed by atoms with Crippen molar-refractivity contribution in [3.63, 3.8) is 0 Å². The van der Waals surface area contributed by atoms with E-state index in [0.717, 1.165) is 33.2 Å². The zero-order chi connectivity index (χ0) is 18.0. The lowest BCUT2D eigenvalue weighted by molar-refractivity contribution is -0.141. The van der Waals surface area contributed by atoms with Crippen molar-refractivity contribution in [2.75, 3.05) is 6.61 Å². The molecule has 0 radical (unpaired) electrons. The molecule has 0 aliphatic rings. The Kier molecular flexibility index (Phi) is 4.70. The number of furan rings is 1. The van der Waals surface area contributed by atoms with Crippen LogP contribution in [-0.2, 0) is 16.0 Å². The van der Waals surface area contributed by atoms with Crippen LogP contribution in [0.15, 0.2) is 47.1 Å². The third-order valence-electron chi connectivity index (χ3n) is 4.20. The molecule has 25 heavy (non-hydrogen) atoms. The topological polar surface area (TPSA) is 56.5 Å². The van der Waals surface area contributed by atoms with Gasteiger partial charge in [-0.2, -0.15) is 0 Å². The molecule has 0 unspecified atom stereocenters. The molecular formula is C21H20O4. The molecule has 0 fully saturated rings. The maximum Gasteiger partial charge on any atom is 0.310 e. The monoisotopic (exact) mass is 336 g/mol. The van der Waals surface area contributed by atoms with Crippen LogP contribution in [0, 0.1) is 20.8 Å². The summed E-state index contributed by atoms with van der Waals surface area (Å²) in [7, 11) is 0. The Morgan fingerprint density at radius 2 is 1.72 bits per heavy atom. The molecule has 0 aliphatic carbocycles. The number of carbonyl (C=O) groups is 2. The Hall–Kier alpha value is -2.88. The van der Waals surface area contributed by atoms with Crippen LogP contribution < -0.4 is 0 Å². The van der Waals surface area contributed by atoms with Crippen LogP contribution in [0.25, 0.3) is 11.0 Å². The van der Waals surface area contributed by atoms with Gasteiger partial charge in [-0.15, -0.1) is 0 Å². The van der Waals surface area contributed by atoms with Crippen LogP contribution in [0.4, 0.5) is 0 Å². The molecule has 4 nitrogen and oxygen atoms in total. The Morgan fingerprint density at radius 1 is 1.00 bits per heavy atom. The Labute approximate surface area is 146 Å². The molecule has 2 aromatic carbocycles. The van der Waals surface area contributed by atoms with Gasteiger partial charge in [-0.25, -0.2) is 0 Å². The Bertz CT molecular complexity index is 950. The second kappa shape index (κ2) is 6.93. The molecule has 3 aromatic rings. The largest absolute Gasteiger partial charge is 0.464 e. The number of fused-ring (bicyclic) bond motifs is 1. The van der Waals surface area contributed by atoms with E-state index < -0.39 is 5.97 Å². The number of ether oxygens (including phenoxy) is 1. The van der Waals surface area contributed by atoms with E-state index in [9.17, 15) is 9.59 Å². The molecule has 0 spiro atoms. The second-order valence-electron chi connectivity index (χ2n) is 6.34. The van der Waals surface area contributed by atoms with Gasteiger partial charge in [-0.05, 0) is 44.0 Å². The fourth-order valence-electron chi connectivity index (χ4n) is 2.79. The average Bonchev–Trinajstić information content (AvgIpc) is 2.96. The lowest BCUT2D eigenvalue weighted by Gasteiger charge is -2.07. The molecule has 4 heteroatoms. The van der Waals surface area contributed by atoms with E-state index in [0.29, 0.717) is 5.56 Å². The highest BCUT2D eigenvalue weighted by atomic mass is 16.5. The summed E-state index contributed by atoms with van der Waals surface area (Å²) in [6, 6.07) is 11.5. The van der Waals surface area contributed by atoms with Crippen molar-refractivity contribution in [3.05, 3.63) is 70.5 Å². The number of hydrogen-bond acceptors (Lipinski definition) is 4. The molecule has 0 N–H and O–H groups in total. The molecule has 3 rings (SSSR count). The van der Waals surface area contributed by atoms with Crippen molar-refractivity contribution in [1.82, 2.24) is 0 Å². The molecule has 0 aliphatic heterocycles. The molecule has 0 bridgehead atoms. The quantitative estimate of drug-likeness (QED) is 0.514. The zero-order valence-electron chi connectivity index (χ0n) is 14.6. The van der Waals surface area contributed by atoms with E-state index in [1.807, 2.05) is 57.2 Å². The van der Waals surface area contributed by atoms with Crippen molar-refractivity contribution in [3.8, 4) is 0 Å². The Balaban J connectivity index is 1.64. The lowest BCUT2D eigenvalue weighted by atomic mass is 10.0. The Morgan fingerprint density at radius 3 is 2.52 bits per heavy atom. The first-order chi connectivity index (χ1) is 11.9. The van der Waals surface area contributed by atoms with Gasteiger partial charge in [-0.3, -0.25) is 9.59 Å². The average molecular weight is 336 g/mol. The highest BCUT2D eigenvalue weighted by Gasteiger charge is 2.15. The summed E-state index contributed by atoms with van der Waals surface area (Å²) in [6.07, 6.45) is 1.65. The molecule has 0 saturated carbocycles. The number of ketones is 1. The number of benzene rings is 2. The minimum absolute atomic E-state index is 0.0795. The third-order valence-corrected chi connectivity index (χ3v) is 4.20. The van der Waals surface area contributed by atoms with Crippen LogP contribution in [0.3, 0.4) is 0 Å². The molecule has 0 atom stereocenters. The summed E-state index contributed by atoms with van der Waals surface area (Å²) in [4.78, 5) is 24.4. The van der Waals surface area contributed by atoms with E-state index >= 15 is 0 Å². The van der Waals surface area contributed by atoms with Crippen LogP contribution >= 0.6 is 0 Å². The summed E-state index contributed by atoms with van der Waals surface area (Å²) >= 11 is 0. The van der Waals surface area contributed by atoms with E-state index in [4.69, 9.17) is 9.15 Å². The van der Waals surface area contributed by atoms with Crippen LogP contribution in [0.1, 0.15) is 32.6 Å². The first-order valence-electron chi connectivity index (χ1n) is 8.17. The van der Waals surface area contributed by atoms with Crippen LogP contribution in [0.2, 0.25) is 0 Å². The van der Waals surface area contributed by atoms with Gasteiger partial charge in [0.2, 0.25) is 5.78 Å². The second-order valence-corrected chi connectivity index (χ2v) is 6.34. The lowest BCUT2D eigenvalue weighted by Crippen LogP contribution is -2.16. The van der Waals surface area contributed by atoms with Gasteiger partial charge in [0.1, 0.15) is 5.58 Å². The fourth-order valence-corrected chi connectivity index (χ4v) is 2.79. The number of aryl methyl sites for hydroxylation is 3. The number of esters is 1. The smallest absolute Gasteiger partial charge is 0.310 e. The normalized spacial score (nSPS) is 10.8. The van der Waals surface area contributed by atoms with Gasteiger partial charge in [0, 0.05) is 16.5 Å². The summed E-state index contributed by atoms with van der Waals surface area (Å²) in [6.45, 7) is 5.52. The predicted octanol–water partition coefficient (Wildman–Crippen LogP) is 4.33. The number of carbonyl (C=O) groups excluding carboxylic acids is 2. The van der Waals surface area contributed by atoms with Crippen LogP contribution in [0.5, 0.6) is 0 Å². The highest BCUT2D eigenvalue weighted by molar-refractivity contribution is 5.99. The van der Waals surface area contributed by atoms with E-state index in [1.165, 1.54) is 0 Å². The van der Waals surface area contributed by atoms with Gasteiger partial charge in [-0.1, -0.05) is 29.8 Å². The molecule has 0 amide bonds. The van der Waals surface area contributed by atoms with Crippen molar-refractivity contribution in [1.29, 1.82) is 0 Å². The summed E-state index contributed by atoms with van der Waals surface area (Å²) < 4.78 is 10.6. The minimum Gasteiger partial charge on any atom is -0.464 e. The standard InChI is InChI=1S/C21H20O4/c1-13-4-6-15(3)18(8-13)19(22)12-25-21(23)10-16-11-24-20-9-14(2)5-7-17(16)20/h4-9,11H,10,12H2,1-3H3. The maximum atomic E-state index is 12.3. The van der Waals surface area contributed by atoms with Crippen LogP contribution in [-0.4, -0.2) is 18.4 Å². The summed E-state index contributed by atoms with van der Waals surface area (Å²) in [5.74, 6) is -0.635. The number of Topliss-reactive ketones (excluding diaryl/α,β-unsaturated/α-hetero) is 1. The molecular weight excluding hydrogens is 316 g/mol. The van der Waals surface area contributed by atoms with E-state index in [-0.39, 0.29) is 18.8 Å². The van der Waals surface area contributed by atoms with Gasteiger partial charge >= 0.3 is 5.97 Å².